The average molecular weight is 552 g/mol. The molecule has 0 aliphatic heterocycles. The average Bonchev–Trinajstić information content (AvgIpc) is 2.91. The van der Waals surface area contributed by atoms with Crippen LogP contribution < -0.4 is 20.7 Å². The van der Waals surface area contributed by atoms with Gasteiger partial charge < -0.3 is 4.74 Å². The molecule has 1 nitrogen and oxygen atoms in total. The Morgan fingerprint density at radius 3 is 1.69 bits per heavy atom. The SMILES string of the molecule is Br.CCCCc1ccc(C[P+](c2ccccc2)(c2ccccc2)c2ccc(OCCF)cc2)cc1. The van der Waals surface area contributed by atoms with Gasteiger partial charge in [0.25, 0.3) is 0 Å². The molecule has 0 bridgehead atoms. The van der Waals surface area contributed by atoms with Crippen molar-refractivity contribution in [3.05, 3.63) is 120 Å². The van der Waals surface area contributed by atoms with Crippen molar-refractivity contribution >= 4 is 40.2 Å². The van der Waals surface area contributed by atoms with E-state index in [2.05, 4.69) is 104 Å². The summed E-state index contributed by atoms with van der Waals surface area (Å²) in [5, 5.41) is 4.01. The molecule has 0 aliphatic carbocycles. The lowest BCUT2D eigenvalue weighted by Gasteiger charge is -2.28. The Kier molecular flexibility index (Phi) is 10.5. The van der Waals surface area contributed by atoms with Crippen molar-refractivity contribution in [1.29, 1.82) is 0 Å². The normalized spacial score (nSPS) is 11.0. The van der Waals surface area contributed by atoms with Crippen LogP contribution in [0.15, 0.2) is 109 Å². The molecule has 0 heterocycles. The van der Waals surface area contributed by atoms with Crippen molar-refractivity contribution in [3.63, 3.8) is 0 Å². The summed E-state index contributed by atoms with van der Waals surface area (Å²) in [5.74, 6) is 0.709. The predicted molar refractivity (Wildman–Crippen MR) is 156 cm³/mol. The molecule has 0 unspecified atom stereocenters. The first-order chi connectivity index (χ1) is 16.8. The number of hydrogen-bond acceptors (Lipinski definition) is 1. The molecule has 4 aromatic carbocycles. The highest BCUT2D eigenvalue weighted by Crippen LogP contribution is 2.58. The van der Waals surface area contributed by atoms with Crippen molar-refractivity contribution in [3.8, 4) is 5.75 Å². The maximum atomic E-state index is 12.6. The van der Waals surface area contributed by atoms with Gasteiger partial charge in [0.05, 0.1) is 6.16 Å². The van der Waals surface area contributed by atoms with Gasteiger partial charge in [-0.2, -0.15) is 0 Å². The van der Waals surface area contributed by atoms with Crippen LogP contribution in [0.1, 0.15) is 30.9 Å². The van der Waals surface area contributed by atoms with E-state index in [1.807, 2.05) is 12.1 Å². The topological polar surface area (TPSA) is 9.23 Å². The first-order valence-corrected chi connectivity index (χ1v) is 14.1. The summed E-state index contributed by atoms with van der Waals surface area (Å²) in [6.07, 6.45) is 4.51. The summed E-state index contributed by atoms with van der Waals surface area (Å²) in [7, 11) is -1.99. The van der Waals surface area contributed by atoms with Crippen LogP contribution in [0.25, 0.3) is 0 Å². The molecule has 0 amide bonds. The Hall–Kier alpha value is -2.48. The Balaban J connectivity index is 0.00000342. The Morgan fingerprint density at radius 2 is 1.17 bits per heavy atom. The van der Waals surface area contributed by atoms with Crippen LogP contribution in [-0.2, 0) is 12.6 Å². The minimum absolute atomic E-state index is 0. The molecule has 0 aliphatic rings. The third-order valence-electron chi connectivity index (χ3n) is 6.28. The zero-order chi connectivity index (χ0) is 23.6. The van der Waals surface area contributed by atoms with E-state index < -0.39 is 13.9 Å². The Labute approximate surface area is 220 Å². The van der Waals surface area contributed by atoms with Gasteiger partial charge in [0.2, 0.25) is 0 Å². The van der Waals surface area contributed by atoms with Gasteiger partial charge in [0.1, 0.15) is 42.2 Å². The number of rotatable bonds is 11. The summed E-state index contributed by atoms with van der Waals surface area (Å²) in [4.78, 5) is 0. The number of benzene rings is 4. The lowest BCUT2D eigenvalue weighted by atomic mass is 10.1. The minimum Gasteiger partial charge on any atom is -0.491 e. The lowest BCUT2D eigenvalue weighted by molar-refractivity contribution is 0.273. The molecular weight excluding hydrogens is 518 g/mol. The predicted octanol–water partition coefficient (Wildman–Crippen LogP) is 7.45. The Bertz CT molecular complexity index is 1090. The van der Waals surface area contributed by atoms with Gasteiger partial charge in [-0.15, -0.1) is 17.0 Å². The third kappa shape index (κ3) is 6.60. The number of unbranched alkanes of at least 4 members (excludes halogenated alkanes) is 1. The monoisotopic (exact) mass is 551 g/mol. The summed E-state index contributed by atoms with van der Waals surface area (Å²) >= 11 is 0. The van der Waals surface area contributed by atoms with Gasteiger partial charge in [0.15, 0.2) is 0 Å². The number of hydrogen-bond donors (Lipinski definition) is 0. The highest BCUT2D eigenvalue weighted by Gasteiger charge is 2.45. The molecule has 0 radical (unpaired) electrons. The molecular formula is C31H34BrFOP+. The maximum absolute atomic E-state index is 12.6. The van der Waals surface area contributed by atoms with Crippen LogP contribution in [0.5, 0.6) is 5.75 Å². The smallest absolute Gasteiger partial charge is 0.123 e. The number of alkyl halides is 1. The molecule has 0 spiro atoms. The summed E-state index contributed by atoms with van der Waals surface area (Å²) in [5.41, 5.74) is 2.75. The fourth-order valence-electron chi connectivity index (χ4n) is 4.51. The van der Waals surface area contributed by atoms with Crippen LogP contribution in [-0.4, -0.2) is 13.3 Å². The van der Waals surface area contributed by atoms with Gasteiger partial charge in [-0.05, 0) is 72.5 Å². The molecule has 0 fully saturated rings. The third-order valence-corrected chi connectivity index (χ3v) is 10.7. The van der Waals surface area contributed by atoms with Crippen LogP contribution in [0, 0.1) is 0 Å². The summed E-state index contributed by atoms with van der Waals surface area (Å²) < 4.78 is 18.1. The maximum Gasteiger partial charge on any atom is 0.123 e. The molecule has 35 heavy (non-hydrogen) atoms. The molecule has 4 heteroatoms. The van der Waals surface area contributed by atoms with Crippen LogP contribution in [0.2, 0.25) is 0 Å². The van der Waals surface area contributed by atoms with Crippen molar-refractivity contribution in [2.24, 2.45) is 0 Å². The zero-order valence-corrected chi connectivity index (χ0v) is 22.9. The van der Waals surface area contributed by atoms with E-state index in [0.29, 0.717) is 5.75 Å². The highest BCUT2D eigenvalue weighted by molar-refractivity contribution is 8.93. The Morgan fingerprint density at radius 1 is 0.657 bits per heavy atom. The van der Waals surface area contributed by atoms with Crippen molar-refractivity contribution < 1.29 is 9.13 Å². The lowest BCUT2D eigenvalue weighted by Crippen LogP contribution is -2.32. The van der Waals surface area contributed by atoms with E-state index in [1.165, 1.54) is 39.9 Å². The second kappa shape index (κ2) is 13.6. The standard InChI is InChI=1S/C31H33FOP.BrH/c1-2-3-10-26-15-17-27(18-16-26)25-34(29-11-6-4-7-12-29,30-13-8-5-9-14-30)31-21-19-28(20-22-31)33-24-23-32;/h4-9,11-22H,2-3,10,23-25H2,1H3;1H/q+1;. The second-order valence-corrected chi connectivity index (χ2v) is 12.1. The van der Waals surface area contributed by atoms with E-state index in [0.717, 1.165) is 12.6 Å². The molecule has 0 saturated heterocycles. The van der Waals surface area contributed by atoms with Gasteiger partial charge in [-0.3, -0.25) is 0 Å². The van der Waals surface area contributed by atoms with Crippen molar-refractivity contribution in [2.75, 3.05) is 13.3 Å². The number of halogens is 2. The van der Waals surface area contributed by atoms with E-state index >= 15 is 0 Å². The van der Waals surface area contributed by atoms with Crippen molar-refractivity contribution in [1.82, 2.24) is 0 Å². The summed E-state index contributed by atoms with van der Waals surface area (Å²) in [6, 6.07) is 39.3. The van der Waals surface area contributed by atoms with E-state index in [1.54, 1.807) is 0 Å². The fourth-order valence-corrected chi connectivity index (χ4v) is 8.73. The van der Waals surface area contributed by atoms with Gasteiger partial charge in [0, 0.05) is 0 Å². The largest absolute Gasteiger partial charge is 0.491 e. The number of aryl methyl sites for hydroxylation is 1. The molecule has 0 atom stereocenters. The molecule has 0 aromatic heterocycles. The van der Waals surface area contributed by atoms with E-state index in [4.69, 9.17) is 4.74 Å². The summed E-state index contributed by atoms with van der Waals surface area (Å²) in [6.45, 7) is 1.84. The van der Waals surface area contributed by atoms with Crippen LogP contribution in [0.4, 0.5) is 4.39 Å². The quantitative estimate of drug-likeness (QED) is 0.176. The van der Waals surface area contributed by atoms with Gasteiger partial charge >= 0.3 is 0 Å². The highest BCUT2D eigenvalue weighted by atomic mass is 79.9. The van der Waals surface area contributed by atoms with Crippen molar-refractivity contribution in [2.45, 2.75) is 32.3 Å². The molecule has 0 saturated carbocycles. The van der Waals surface area contributed by atoms with Gasteiger partial charge in [-0.25, -0.2) is 4.39 Å². The van der Waals surface area contributed by atoms with Gasteiger partial charge in [-0.1, -0.05) is 74.0 Å². The van der Waals surface area contributed by atoms with Crippen LogP contribution in [0.3, 0.4) is 0 Å². The first kappa shape index (κ1) is 27.1. The molecule has 182 valence electrons. The second-order valence-electron chi connectivity index (χ2n) is 8.59. The van der Waals surface area contributed by atoms with Crippen LogP contribution >= 0.6 is 24.2 Å². The fraction of sp³-hybridized carbons (Fsp3) is 0.226. The molecule has 4 rings (SSSR count). The number of ether oxygens (including phenoxy) is 1. The first-order valence-electron chi connectivity index (χ1n) is 12.1. The zero-order valence-electron chi connectivity index (χ0n) is 20.3. The van der Waals surface area contributed by atoms with E-state index in [9.17, 15) is 4.39 Å². The minimum atomic E-state index is -1.99. The molecule has 4 aromatic rings. The van der Waals surface area contributed by atoms with E-state index in [-0.39, 0.29) is 23.6 Å². The molecule has 0 N–H and O–H groups in total.